The van der Waals surface area contributed by atoms with Crippen molar-refractivity contribution in [2.75, 3.05) is 13.1 Å². The highest BCUT2D eigenvalue weighted by atomic mass is 32.1. The Morgan fingerprint density at radius 1 is 1.38 bits per heavy atom. The van der Waals surface area contributed by atoms with Gasteiger partial charge in [0.1, 0.15) is 0 Å². The standard InChI is InChI=1S/C13H26N2S/c1-4-11(9-12(14)16)15-8-7-13(5-2,6-3)10-15/h11H,4-10H2,1-3H3,(H2,14,16). The minimum atomic E-state index is 0.559. The van der Waals surface area contributed by atoms with E-state index < -0.39 is 0 Å². The van der Waals surface area contributed by atoms with Crippen LogP contribution in [0.3, 0.4) is 0 Å². The van der Waals surface area contributed by atoms with E-state index in [1.165, 1.54) is 32.4 Å². The van der Waals surface area contributed by atoms with E-state index in [-0.39, 0.29) is 0 Å². The summed E-state index contributed by atoms with van der Waals surface area (Å²) in [6.07, 6.45) is 5.97. The topological polar surface area (TPSA) is 29.3 Å². The molecular formula is C13H26N2S. The van der Waals surface area contributed by atoms with Crippen molar-refractivity contribution in [3.05, 3.63) is 0 Å². The molecule has 2 nitrogen and oxygen atoms in total. The molecule has 1 aliphatic rings. The second kappa shape index (κ2) is 5.97. The van der Waals surface area contributed by atoms with Gasteiger partial charge in [-0.1, -0.05) is 33.0 Å². The van der Waals surface area contributed by atoms with Gasteiger partial charge in [0, 0.05) is 19.0 Å². The van der Waals surface area contributed by atoms with Crippen molar-refractivity contribution >= 4 is 17.2 Å². The van der Waals surface area contributed by atoms with Gasteiger partial charge >= 0.3 is 0 Å². The van der Waals surface area contributed by atoms with Crippen LogP contribution in [-0.4, -0.2) is 29.0 Å². The van der Waals surface area contributed by atoms with Gasteiger partial charge in [0.05, 0.1) is 4.99 Å². The Hall–Kier alpha value is -0.150. The van der Waals surface area contributed by atoms with E-state index >= 15 is 0 Å². The van der Waals surface area contributed by atoms with Gasteiger partial charge in [-0.15, -0.1) is 0 Å². The molecule has 0 aromatic heterocycles. The van der Waals surface area contributed by atoms with Crippen LogP contribution in [0.25, 0.3) is 0 Å². The molecular weight excluding hydrogens is 216 g/mol. The summed E-state index contributed by atoms with van der Waals surface area (Å²) in [6, 6.07) is 0.567. The third-order valence-corrected chi connectivity index (χ3v) is 4.56. The molecule has 0 radical (unpaired) electrons. The van der Waals surface area contributed by atoms with Crippen LogP contribution in [-0.2, 0) is 0 Å². The van der Waals surface area contributed by atoms with E-state index in [1.54, 1.807) is 0 Å². The first-order chi connectivity index (χ1) is 7.56. The highest BCUT2D eigenvalue weighted by molar-refractivity contribution is 7.80. The summed E-state index contributed by atoms with van der Waals surface area (Å²) in [4.78, 5) is 3.27. The molecule has 94 valence electrons. The monoisotopic (exact) mass is 242 g/mol. The van der Waals surface area contributed by atoms with Crippen LogP contribution in [0.15, 0.2) is 0 Å². The van der Waals surface area contributed by atoms with Gasteiger partial charge in [-0.2, -0.15) is 0 Å². The van der Waals surface area contributed by atoms with Crippen LogP contribution in [0.5, 0.6) is 0 Å². The molecule has 1 saturated heterocycles. The van der Waals surface area contributed by atoms with E-state index in [2.05, 4.69) is 25.7 Å². The van der Waals surface area contributed by atoms with Crippen molar-refractivity contribution in [3.63, 3.8) is 0 Å². The van der Waals surface area contributed by atoms with Crippen LogP contribution in [0, 0.1) is 5.41 Å². The van der Waals surface area contributed by atoms with Crippen LogP contribution >= 0.6 is 12.2 Å². The molecule has 0 bridgehead atoms. The number of rotatable bonds is 6. The van der Waals surface area contributed by atoms with Crippen molar-refractivity contribution in [2.24, 2.45) is 11.1 Å². The molecule has 0 aromatic carbocycles. The molecule has 0 aliphatic carbocycles. The maximum atomic E-state index is 5.67. The number of hydrogen-bond acceptors (Lipinski definition) is 2. The second-order valence-electron chi connectivity index (χ2n) is 5.16. The zero-order valence-corrected chi connectivity index (χ0v) is 11.8. The van der Waals surface area contributed by atoms with Crippen LogP contribution in [0.4, 0.5) is 0 Å². The van der Waals surface area contributed by atoms with E-state index in [4.69, 9.17) is 18.0 Å². The van der Waals surface area contributed by atoms with Crippen molar-refractivity contribution < 1.29 is 0 Å². The minimum Gasteiger partial charge on any atom is -0.393 e. The third-order valence-electron chi connectivity index (χ3n) is 4.39. The molecule has 0 aromatic rings. The Morgan fingerprint density at radius 3 is 2.38 bits per heavy atom. The Labute approximate surface area is 106 Å². The summed E-state index contributed by atoms with van der Waals surface area (Å²) in [5.41, 5.74) is 6.23. The van der Waals surface area contributed by atoms with E-state index in [9.17, 15) is 0 Å². The molecule has 16 heavy (non-hydrogen) atoms. The molecule has 2 N–H and O–H groups in total. The summed E-state index contributed by atoms with van der Waals surface area (Å²) >= 11 is 5.04. The van der Waals surface area contributed by atoms with Gasteiger partial charge < -0.3 is 5.73 Å². The maximum absolute atomic E-state index is 5.67. The summed E-state index contributed by atoms with van der Waals surface area (Å²) in [6.45, 7) is 9.34. The van der Waals surface area contributed by atoms with Crippen molar-refractivity contribution in [1.29, 1.82) is 0 Å². The first-order valence-electron chi connectivity index (χ1n) is 6.59. The largest absolute Gasteiger partial charge is 0.393 e. The summed E-state index contributed by atoms with van der Waals surface area (Å²) < 4.78 is 0. The minimum absolute atomic E-state index is 0.559. The van der Waals surface area contributed by atoms with Crippen LogP contribution in [0.1, 0.15) is 52.9 Å². The summed E-state index contributed by atoms with van der Waals surface area (Å²) in [5, 5.41) is 0. The Morgan fingerprint density at radius 2 is 2.00 bits per heavy atom. The third kappa shape index (κ3) is 3.17. The van der Waals surface area contributed by atoms with Crippen molar-refractivity contribution in [2.45, 2.75) is 58.9 Å². The number of nitrogens with two attached hydrogens (primary N) is 1. The number of likely N-dealkylation sites (tertiary alicyclic amines) is 1. The van der Waals surface area contributed by atoms with Crippen molar-refractivity contribution in [1.82, 2.24) is 4.90 Å². The quantitative estimate of drug-likeness (QED) is 0.726. The molecule has 0 amide bonds. The Bertz CT molecular complexity index is 236. The van der Waals surface area contributed by atoms with Crippen LogP contribution in [0.2, 0.25) is 0 Å². The first-order valence-corrected chi connectivity index (χ1v) is 7.00. The first kappa shape index (κ1) is 13.9. The molecule has 0 spiro atoms. The lowest BCUT2D eigenvalue weighted by molar-refractivity contribution is 0.193. The fraction of sp³-hybridized carbons (Fsp3) is 0.923. The highest BCUT2D eigenvalue weighted by Gasteiger charge is 2.37. The lowest BCUT2D eigenvalue weighted by Crippen LogP contribution is -2.37. The number of thiocarbonyl (C=S) groups is 1. The summed E-state index contributed by atoms with van der Waals surface area (Å²) in [7, 11) is 0. The number of nitrogens with zero attached hydrogens (tertiary/aromatic N) is 1. The fourth-order valence-corrected chi connectivity index (χ4v) is 3.06. The average Bonchev–Trinajstić information content (AvgIpc) is 2.70. The smallest absolute Gasteiger partial charge is 0.0743 e. The molecule has 1 unspecified atom stereocenters. The molecule has 3 heteroatoms. The lowest BCUT2D eigenvalue weighted by Gasteiger charge is -2.30. The van der Waals surface area contributed by atoms with E-state index in [0.717, 1.165) is 12.8 Å². The van der Waals surface area contributed by atoms with Gasteiger partial charge in [-0.3, -0.25) is 4.90 Å². The average molecular weight is 242 g/mol. The lowest BCUT2D eigenvalue weighted by atomic mass is 9.82. The van der Waals surface area contributed by atoms with Gasteiger partial charge in [-0.05, 0) is 37.6 Å². The van der Waals surface area contributed by atoms with Gasteiger partial charge in [0.25, 0.3) is 0 Å². The Kier molecular flexibility index (Phi) is 5.19. The van der Waals surface area contributed by atoms with E-state index in [0.29, 0.717) is 16.4 Å². The normalized spacial score (nSPS) is 22.2. The molecule has 1 heterocycles. The zero-order valence-electron chi connectivity index (χ0n) is 11.0. The van der Waals surface area contributed by atoms with Gasteiger partial charge in [0.2, 0.25) is 0 Å². The van der Waals surface area contributed by atoms with E-state index in [1.807, 2.05) is 0 Å². The predicted molar refractivity (Wildman–Crippen MR) is 74.7 cm³/mol. The Balaban J connectivity index is 2.59. The molecule has 1 atom stereocenters. The van der Waals surface area contributed by atoms with Crippen LogP contribution < -0.4 is 5.73 Å². The second-order valence-corrected chi connectivity index (χ2v) is 5.68. The van der Waals surface area contributed by atoms with Crippen molar-refractivity contribution in [3.8, 4) is 0 Å². The molecule has 0 saturated carbocycles. The fourth-order valence-electron chi connectivity index (χ4n) is 2.87. The highest BCUT2D eigenvalue weighted by Crippen LogP contribution is 2.38. The molecule has 1 aliphatic heterocycles. The van der Waals surface area contributed by atoms with Gasteiger partial charge in [0.15, 0.2) is 0 Å². The summed E-state index contributed by atoms with van der Waals surface area (Å²) in [5.74, 6) is 0. The SMILES string of the molecule is CCC(CC(N)=S)N1CCC(CC)(CC)C1. The van der Waals surface area contributed by atoms with Gasteiger partial charge in [-0.25, -0.2) is 0 Å². The number of hydrogen-bond donors (Lipinski definition) is 1. The predicted octanol–water partition coefficient (Wildman–Crippen LogP) is 2.95. The zero-order chi connectivity index (χ0) is 12.2. The molecule has 1 rings (SSSR count). The maximum Gasteiger partial charge on any atom is 0.0743 e. The molecule has 1 fully saturated rings.